The van der Waals surface area contributed by atoms with Crippen molar-refractivity contribution in [3.05, 3.63) is 45.3 Å². The minimum Gasteiger partial charge on any atom is -0.258 e. The molecule has 2 rings (SSSR count). The second-order valence-corrected chi connectivity index (χ2v) is 5.12. The number of aromatic nitrogens is 3. The fourth-order valence-corrected chi connectivity index (χ4v) is 2.21. The van der Waals surface area contributed by atoms with Crippen LogP contribution in [-0.2, 0) is 0 Å². The third kappa shape index (κ3) is 2.51. The zero-order valence-electron chi connectivity index (χ0n) is 11.5. The van der Waals surface area contributed by atoms with E-state index in [1.165, 1.54) is 6.07 Å². The fraction of sp³-hybridized carbons (Fsp3) is 0.385. The summed E-state index contributed by atoms with van der Waals surface area (Å²) < 4.78 is 1.55. The molecule has 20 heavy (non-hydrogen) atoms. The van der Waals surface area contributed by atoms with Gasteiger partial charge in [-0.3, -0.25) is 10.1 Å². The van der Waals surface area contributed by atoms with Gasteiger partial charge in [0, 0.05) is 6.07 Å². The van der Waals surface area contributed by atoms with Gasteiger partial charge < -0.3 is 0 Å². The minimum absolute atomic E-state index is 0.0700. The van der Waals surface area contributed by atoms with Crippen LogP contribution in [0.2, 0.25) is 0 Å². The molecule has 0 fully saturated rings. The van der Waals surface area contributed by atoms with Crippen molar-refractivity contribution in [1.82, 2.24) is 15.0 Å². The summed E-state index contributed by atoms with van der Waals surface area (Å²) >= 11 is 6.13. The number of halogens is 1. The van der Waals surface area contributed by atoms with E-state index in [0.29, 0.717) is 16.9 Å². The molecule has 1 atom stereocenters. The third-order valence-corrected chi connectivity index (χ3v) is 3.75. The summed E-state index contributed by atoms with van der Waals surface area (Å²) in [6.07, 6.45) is 2.47. The lowest BCUT2D eigenvalue weighted by molar-refractivity contribution is -0.385. The average Bonchev–Trinajstić information content (AvgIpc) is 2.87. The number of alkyl halides is 1. The predicted molar refractivity (Wildman–Crippen MR) is 76.4 cm³/mol. The van der Waals surface area contributed by atoms with Gasteiger partial charge in [0.25, 0.3) is 5.69 Å². The number of nitro benzene ring substituents is 1. The van der Waals surface area contributed by atoms with E-state index < -0.39 is 4.92 Å². The van der Waals surface area contributed by atoms with Gasteiger partial charge in [-0.1, -0.05) is 18.2 Å². The van der Waals surface area contributed by atoms with Gasteiger partial charge in [-0.25, -0.2) is 4.68 Å². The van der Waals surface area contributed by atoms with Crippen molar-refractivity contribution in [3.8, 4) is 5.69 Å². The topological polar surface area (TPSA) is 73.8 Å². The monoisotopic (exact) mass is 294 g/mol. The van der Waals surface area contributed by atoms with Crippen LogP contribution in [0.3, 0.4) is 0 Å². The van der Waals surface area contributed by atoms with Gasteiger partial charge >= 0.3 is 0 Å². The Hall–Kier alpha value is -1.95. The Bertz CT molecular complexity index is 654. The molecule has 6 nitrogen and oxygen atoms in total. The molecule has 7 heteroatoms. The van der Waals surface area contributed by atoms with Gasteiger partial charge in [-0.05, 0) is 25.8 Å². The van der Waals surface area contributed by atoms with Crippen molar-refractivity contribution < 1.29 is 4.92 Å². The lowest BCUT2D eigenvalue weighted by atomic mass is 10.1. The van der Waals surface area contributed by atoms with Crippen LogP contribution >= 0.6 is 11.6 Å². The van der Waals surface area contributed by atoms with Gasteiger partial charge in [-0.15, -0.1) is 16.7 Å². The van der Waals surface area contributed by atoms with Crippen LogP contribution in [-0.4, -0.2) is 19.9 Å². The Balaban J connectivity index is 2.55. The van der Waals surface area contributed by atoms with Gasteiger partial charge in [0.05, 0.1) is 27.7 Å². The molecule has 106 valence electrons. The molecule has 1 aromatic carbocycles. The summed E-state index contributed by atoms with van der Waals surface area (Å²) in [4.78, 5) is 10.6. The first-order chi connectivity index (χ1) is 9.45. The van der Waals surface area contributed by atoms with Crippen LogP contribution in [0, 0.1) is 24.0 Å². The molecule has 2 aromatic rings. The highest BCUT2D eigenvalue weighted by Gasteiger charge is 2.19. The minimum atomic E-state index is -0.396. The highest BCUT2D eigenvalue weighted by Crippen LogP contribution is 2.28. The maximum absolute atomic E-state index is 11.0. The first-order valence-electron chi connectivity index (χ1n) is 6.27. The van der Waals surface area contributed by atoms with E-state index in [1.807, 2.05) is 13.8 Å². The highest BCUT2D eigenvalue weighted by molar-refractivity contribution is 6.20. The summed E-state index contributed by atoms with van der Waals surface area (Å²) in [5.74, 6) is 0. The third-order valence-electron chi connectivity index (χ3n) is 3.22. The lowest BCUT2D eigenvalue weighted by Crippen LogP contribution is -2.04. The van der Waals surface area contributed by atoms with Gasteiger partial charge in [0.2, 0.25) is 0 Å². The first-order valence-corrected chi connectivity index (χ1v) is 6.70. The molecule has 0 bridgehead atoms. The van der Waals surface area contributed by atoms with Gasteiger partial charge in [-0.2, -0.15) is 0 Å². The van der Waals surface area contributed by atoms with Crippen LogP contribution in [0.4, 0.5) is 5.69 Å². The number of hydrogen-bond donors (Lipinski definition) is 0. The second kappa shape index (κ2) is 5.58. The quantitative estimate of drug-likeness (QED) is 0.491. The predicted octanol–water partition coefficient (Wildman–Crippen LogP) is 3.48. The van der Waals surface area contributed by atoms with Crippen LogP contribution in [0.5, 0.6) is 0 Å². The van der Waals surface area contributed by atoms with E-state index in [9.17, 15) is 10.1 Å². The maximum Gasteiger partial charge on any atom is 0.274 e. The summed E-state index contributed by atoms with van der Waals surface area (Å²) in [5, 5.41) is 18.9. The largest absolute Gasteiger partial charge is 0.274 e. The number of hydrogen-bond acceptors (Lipinski definition) is 4. The van der Waals surface area contributed by atoms with E-state index in [0.717, 1.165) is 12.0 Å². The first kappa shape index (κ1) is 14.5. The Morgan fingerprint density at radius 1 is 1.45 bits per heavy atom. The molecule has 0 saturated heterocycles. The van der Waals surface area contributed by atoms with Gasteiger partial charge in [0.15, 0.2) is 0 Å². The molecule has 0 saturated carbocycles. The number of rotatable bonds is 4. The van der Waals surface area contributed by atoms with Crippen LogP contribution in [0.15, 0.2) is 18.3 Å². The molecule has 0 spiro atoms. The molecule has 0 aliphatic rings. The molecular weight excluding hydrogens is 280 g/mol. The Kier molecular flexibility index (Phi) is 4.04. The lowest BCUT2D eigenvalue weighted by Gasteiger charge is -2.09. The average molecular weight is 295 g/mol. The van der Waals surface area contributed by atoms with E-state index in [2.05, 4.69) is 10.3 Å². The summed E-state index contributed by atoms with van der Waals surface area (Å²) in [7, 11) is 0. The summed E-state index contributed by atoms with van der Waals surface area (Å²) in [5.41, 5.74) is 2.87. The Labute approximate surface area is 121 Å². The molecule has 0 amide bonds. The zero-order valence-corrected chi connectivity index (χ0v) is 12.3. The molecule has 1 aromatic heterocycles. The molecule has 0 aliphatic heterocycles. The Morgan fingerprint density at radius 3 is 2.75 bits per heavy atom. The van der Waals surface area contributed by atoms with Gasteiger partial charge in [0.1, 0.15) is 5.69 Å². The number of nitrogens with zero attached hydrogens (tertiary/aromatic N) is 4. The summed E-state index contributed by atoms with van der Waals surface area (Å²) in [6.45, 7) is 5.55. The number of nitro groups is 1. The van der Waals surface area contributed by atoms with Crippen molar-refractivity contribution in [3.63, 3.8) is 0 Å². The summed E-state index contributed by atoms with van der Waals surface area (Å²) in [6, 6.07) is 3.21. The van der Waals surface area contributed by atoms with Crippen molar-refractivity contribution in [2.24, 2.45) is 0 Å². The number of aryl methyl sites for hydroxylation is 1. The zero-order chi connectivity index (χ0) is 14.9. The maximum atomic E-state index is 11.0. The van der Waals surface area contributed by atoms with Crippen LogP contribution < -0.4 is 0 Å². The van der Waals surface area contributed by atoms with E-state index in [-0.39, 0.29) is 11.1 Å². The Morgan fingerprint density at radius 2 is 2.15 bits per heavy atom. The number of benzene rings is 1. The normalized spacial score (nSPS) is 12.4. The molecule has 0 aliphatic carbocycles. The van der Waals surface area contributed by atoms with Crippen molar-refractivity contribution in [2.45, 2.75) is 32.6 Å². The van der Waals surface area contributed by atoms with Crippen LogP contribution in [0.1, 0.15) is 35.5 Å². The molecule has 0 N–H and O–H groups in total. The molecular formula is C13H15ClN4O2. The SMILES string of the molecule is CCC(Cl)c1cn(-c2c(C)ccc([N+](=O)[O-])c2C)nn1. The van der Waals surface area contributed by atoms with Crippen molar-refractivity contribution in [1.29, 1.82) is 0 Å². The van der Waals surface area contributed by atoms with Crippen molar-refractivity contribution in [2.75, 3.05) is 0 Å². The molecule has 1 unspecified atom stereocenters. The van der Waals surface area contributed by atoms with Crippen molar-refractivity contribution >= 4 is 17.3 Å². The standard InChI is InChI=1S/C13H15ClN4O2/c1-4-10(14)11-7-17(16-15-11)13-8(2)5-6-12(9(13)3)18(19)20/h5-7,10H,4H2,1-3H3. The van der Waals surface area contributed by atoms with E-state index in [1.54, 1.807) is 23.9 Å². The second-order valence-electron chi connectivity index (χ2n) is 4.60. The highest BCUT2D eigenvalue weighted by atomic mass is 35.5. The fourth-order valence-electron chi connectivity index (χ4n) is 2.11. The smallest absolute Gasteiger partial charge is 0.258 e. The molecule has 0 radical (unpaired) electrons. The van der Waals surface area contributed by atoms with E-state index >= 15 is 0 Å². The molecule has 1 heterocycles. The van der Waals surface area contributed by atoms with Crippen LogP contribution in [0.25, 0.3) is 5.69 Å². The van der Waals surface area contributed by atoms with E-state index in [4.69, 9.17) is 11.6 Å².